The minimum atomic E-state index is 0.294. The molecule has 2 nitrogen and oxygen atoms in total. The minimum Gasteiger partial charge on any atom is -0.345 e. The zero-order chi connectivity index (χ0) is 11.4. The third-order valence-corrected chi connectivity index (χ3v) is 2.80. The van der Waals surface area contributed by atoms with Gasteiger partial charge in [-0.15, -0.1) is 0 Å². The van der Waals surface area contributed by atoms with Crippen molar-refractivity contribution in [3.05, 3.63) is 0 Å². The maximum atomic E-state index is 10.0. The Labute approximate surface area is 94.8 Å². The van der Waals surface area contributed by atoms with Crippen molar-refractivity contribution in [3.63, 3.8) is 0 Å². The predicted molar refractivity (Wildman–Crippen MR) is 65.5 cm³/mol. The highest BCUT2D eigenvalue weighted by Gasteiger charge is 1.99. The molecule has 0 rings (SSSR count). The summed E-state index contributed by atoms with van der Waals surface area (Å²) in [5.41, 5.74) is 0. The van der Waals surface area contributed by atoms with Crippen LogP contribution in [0.15, 0.2) is 0 Å². The van der Waals surface area contributed by atoms with Gasteiger partial charge in [-0.1, -0.05) is 58.3 Å². The Bertz CT molecular complexity index is 136. The molecule has 0 aromatic carbocycles. The van der Waals surface area contributed by atoms with Crippen LogP contribution in [0, 0.1) is 0 Å². The highest BCUT2D eigenvalue weighted by atomic mass is 16.1. The summed E-state index contributed by atoms with van der Waals surface area (Å²) in [5, 5.41) is 2.66. The first-order valence-corrected chi connectivity index (χ1v) is 6.44. The molecule has 89 valence electrons. The lowest BCUT2D eigenvalue weighted by atomic mass is 10.1. The lowest BCUT2D eigenvalue weighted by Crippen LogP contribution is -2.23. The highest BCUT2D eigenvalue weighted by Crippen LogP contribution is 2.10. The molecule has 1 unspecified atom stereocenters. The first-order valence-electron chi connectivity index (χ1n) is 6.44. The fourth-order valence-electron chi connectivity index (χ4n) is 1.76. The molecule has 1 N–H and O–H groups in total. The van der Waals surface area contributed by atoms with E-state index in [1.165, 1.54) is 51.4 Å². The van der Waals surface area contributed by atoms with Gasteiger partial charge in [0.1, 0.15) is 0 Å². The number of unbranched alkanes of at least 4 members (excludes halogenated alkanes) is 7. The Morgan fingerprint density at radius 1 is 1.00 bits per heavy atom. The molecule has 15 heavy (non-hydrogen) atoms. The van der Waals surface area contributed by atoms with Gasteiger partial charge in [0.05, 0.1) is 0 Å². The van der Waals surface area contributed by atoms with Crippen molar-refractivity contribution in [2.24, 2.45) is 0 Å². The molecule has 0 fully saturated rings. The monoisotopic (exact) mass is 212 g/mol. The second-order valence-electron chi connectivity index (χ2n) is 4.41. The smallest absolute Gasteiger partial charge is 0.309 e. The molecule has 0 aromatic rings. The number of hydrogen-bond donors (Lipinski definition) is 1. The average Bonchev–Trinajstić information content (AvgIpc) is 2.22. The molecule has 0 saturated heterocycles. The summed E-state index contributed by atoms with van der Waals surface area (Å²) in [5.74, 6) is 0. The normalized spacial score (nSPS) is 12.4. The third kappa shape index (κ3) is 11.4. The maximum absolute atomic E-state index is 10.0. The van der Waals surface area contributed by atoms with Gasteiger partial charge in [0.15, 0.2) is 0 Å². The largest absolute Gasteiger partial charge is 0.345 e. The van der Waals surface area contributed by atoms with Gasteiger partial charge in [-0.05, 0) is 13.3 Å². The van der Waals surface area contributed by atoms with Gasteiger partial charge in [-0.25, -0.2) is 0 Å². The summed E-state index contributed by atoms with van der Waals surface area (Å²) in [6.45, 7) is 4.28. The van der Waals surface area contributed by atoms with Crippen molar-refractivity contribution in [1.82, 2.24) is 5.32 Å². The molecular formula is C13H26NO. The number of carbonyl (C=O) groups excluding carboxylic acids is 1. The molecule has 0 aromatic heterocycles. The fourth-order valence-corrected chi connectivity index (χ4v) is 1.76. The molecular weight excluding hydrogens is 186 g/mol. The minimum absolute atomic E-state index is 0.294. The standard InChI is InChI=1S/C13H26NO/c1-3-4-5-6-7-8-9-10-11-13(2)14-12-15/h13H,3-11H2,1-2H3,(H,14,15). The highest BCUT2D eigenvalue weighted by molar-refractivity contribution is 5.47. The quantitative estimate of drug-likeness (QED) is 0.412. The zero-order valence-corrected chi connectivity index (χ0v) is 10.3. The van der Waals surface area contributed by atoms with Crippen LogP contribution in [0.5, 0.6) is 0 Å². The average molecular weight is 212 g/mol. The Balaban J connectivity index is 3.01. The topological polar surface area (TPSA) is 29.1 Å². The number of amides is 1. The maximum Gasteiger partial charge on any atom is 0.309 e. The molecule has 0 aliphatic carbocycles. The Morgan fingerprint density at radius 3 is 2.07 bits per heavy atom. The van der Waals surface area contributed by atoms with Crippen LogP contribution in [0.1, 0.15) is 71.6 Å². The molecule has 1 amide bonds. The van der Waals surface area contributed by atoms with E-state index in [2.05, 4.69) is 12.2 Å². The first-order chi connectivity index (χ1) is 7.31. The lowest BCUT2D eigenvalue weighted by Gasteiger charge is -2.08. The molecule has 2 heteroatoms. The fraction of sp³-hybridized carbons (Fsp3) is 0.923. The van der Waals surface area contributed by atoms with Crippen LogP contribution in [0.2, 0.25) is 0 Å². The van der Waals surface area contributed by atoms with E-state index >= 15 is 0 Å². The third-order valence-electron chi connectivity index (χ3n) is 2.80. The van der Waals surface area contributed by atoms with E-state index < -0.39 is 0 Å². The van der Waals surface area contributed by atoms with E-state index in [0.717, 1.165) is 6.42 Å². The van der Waals surface area contributed by atoms with Crippen LogP contribution in [0.4, 0.5) is 0 Å². The lowest BCUT2D eigenvalue weighted by molar-refractivity contribution is 0.494. The number of hydrogen-bond acceptors (Lipinski definition) is 1. The van der Waals surface area contributed by atoms with Crippen molar-refractivity contribution < 1.29 is 4.79 Å². The summed E-state index contributed by atoms with van der Waals surface area (Å²) in [6, 6.07) is 0.294. The zero-order valence-electron chi connectivity index (χ0n) is 10.3. The Morgan fingerprint density at radius 2 is 1.53 bits per heavy atom. The van der Waals surface area contributed by atoms with E-state index in [-0.39, 0.29) is 0 Å². The molecule has 0 aliphatic rings. The SMILES string of the molecule is CCCCCCCCCCC(C)N[C]=O. The van der Waals surface area contributed by atoms with Gasteiger partial charge >= 0.3 is 6.41 Å². The van der Waals surface area contributed by atoms with Crippen molar-refractivity contribution in [1.29, 1.82) is 0 Å². The Kier molecular flexibility index (Phi) is 11.1. The number of nitrogens with one attached hydrogen (secondary N) is 1. The van der Waals surface area contributed by atoms with E-state index in [0.29, 0.717) is 6.04 Å². The van der Waals surface area contributed by atoms with Crippen molar-refractivity contribution in [3.8, 4) is 0 Å². The Hall–Kier alpha value is -0.530. The van der Waals surface area contributed by atoms with Crippen LogP contribution in [-0.4, -0.2) is 12.5 Å². The molecule has 0 spiro atoms. The molecule has 0 aliphatic heterocycles. The van der Waals surface area contributed by atoms with Crippen LogP contribution >= 0.6 is 0 Å². The van der Waals surface area contributed by atoms with Crippen LogP contribution in [0.3, 0.4) is 0 Å². The van der Waals surface area contributed by atoms with Gasteiger partial charge in [-0.3, -0.25) is 4.79 Å². The van der Waals surface area contributed by atoms with Crippen LogP contribution in [0.25, 0.3) is 0 Å². The second-order valence-corrected chi connectivity index (χ2v) is 4.41. The van der Waals surface area contributed by atoms with E-state index in [1.54, 1.807) is 6.41 Å². The second kappa shape index (κ2) is 11.5. The predicted octanol–water partition coefficient (Wildman–Crippen LogP) is 3.56. The van der Waals surface area contributed by atoms with Gasteiger partial charge in [0.25, 0.3) is 0 Å². The number of rotatable bonds is 11. The van der Waals surface area contributed by atoms with E-state index in [4.69, 9.17) is 0 Å². The summed E-state index contributed by atoms with van der Waals surface area (Å²) in [4.78, 5) is 10.0. The first kappa shape index (κ1) is 14.5. The van der Waals surface area contributed by atoms with Crippen molar-refractivity contribution in [2.45, 2.75) is 77.7 Å². The summed E-state index contributed by atoms with van der Waals surface area (Å²) in [7, 11) is 0. The summed E-state index contributed by atoms with van der Waals surface area (Å²) in [6.07, 6.45) is 13.6. The summed E-state index contributed by atoms with van der Waals surface area (Å²) >= 11 is 0. The van der Waals surface area contributed by atoms with E-state index in [9.17, 15) is 4.79 Å². The summed E-state index contributed by atoms with van der Waals surface area (Å²) < 4.78 is 0. The molecule has 1 atom stereocenters. The molecule has 1 radical (unpaired) electrons. The van der Waals surface area contributed by atoms with Crippen molar-refractivity contribution >= 4 is 6.41 Å². The molecule has 0 saturated carbocycles. The van der Waals surface area contributed by atoms with Gasteiger partial charge in [-0.2, -0.15) is 0 Å². The van der Waals surface area contributed by atoms with Crippen LogP contribution in [-0.2, 0) is 4.79 Å². The van der Waals surface area contributed by atoms with Crippen molar-refractivity contribution in [2.75, 3.05) is 0 Å². The van der Waals surface area contributed by atoms with Crippen LogP contribution < -0.4 is 5.32 Å². The van der Waals surface area contributed by atoms with Gasteiger partial charge in [0.2, 0.25) is 0 Å². The van der Waals surface area contributed by atoms with Gasteiger partial charge in [0, 0.05) is 6.04 Å². The van der Waals surface area contributed by atoms with Gasteiger partial charge < -0.3 is 5.32 Å². The molecule has 0 bridgehead atoms. The van der Waals surface area contributed by atoms with E-state index in [1.807, 2.05) is 6.92 Å². The molecule has 0 heterocycles.